The van der Waals surface area contributed by atoms with Crippen LogP contribution in [0.5, 0.6) is 11.5 Å². The molecule has 6 nitrogen and oxygen atoms in total. The number of anilines is 1. The first kappa shape index (κ1) is 18.1. The van der Waals surface area contributed by atoms with E-state index in [1.54, 1.807) is 42.2 Å². The molecule has 1 unspecified atom stereocenters. The second-order valence-corrected chi connectivity index (χ2v) is 6.33. The van der Waals surface area contributed by atoms with Gasteiger partial charge in [0, 0.05) is 11.6 Å². The summed E-state index contributed by atoms with van der Waals surface area (Å²) in [5, 5.41) is 9.81. The summed E-state index contributed by atoms with van der Waals surface area (Å²) >= 11 is 5.83. The molecule has 2 aromatic rings. The normalized spacial score (nSPS) is 16.0. The Labute approximate surface area is 155 Å². The Morgan fingerprint density at radius 2 is 2.00 bits per heavy atom. The van der Waals surface area contributed by atoms with Crippen LogP contribution >= 0.6 is 11.6 Å². The maximum absolute atomic E-state index is 12.5. The van der Waals surface area contributed by atoms with E-state index < -0.39 is 12.1 Å². The second kappa shape index (κ2) is 7.66. The number of benzene rings is 2. The topological polar surface area (TPSA) is 76.1 Å². The summed E-state index contributed by atoms with van der Waals surface area (Å²) in [5.74, 6) is -0.0539. The van der Waals surface area contributed by atoms with E-state index in [9.17, 15) is 14.7 Å². The van der Waals surface area contributed by atoms with Crippen LogP contribution in [-0.2, 0) is 4.79 Å². The summed E-state index contributed by atoms with van der Waals surface area (Å²) in [6, 6.07) is 11.5. The number of carbonyl (C=O) groups excluding carboxylic acids is 1. The first-order valence-electron chi connectivity index (χ1n) is 8.19. The Morgan fingerprint density at radius 3 is 2.69 bits per heavy atom. The Morgan fingerprint density at radius 1 is 1.27 bits per heavy atom. The van der Waals surface area contributed by atoms with Crippen LogP contribution in [-0.4, -0.2) is 36.2 Å². The Kier molecular flexibility index (Phi) is 5.32. The highest BCUT2D eigenvalue weighted by Gasteiger charge is 2.31. The van der Waals surface area contributed by atoms with Crippen LogP contribution in [0.2, 0.25) is 5.02 Å². The number of carboxylic acid groups (broad SMARTS) is 1. The van der Waals surface area contributed by atoms with Crippen molar-refractivity contribution in [3.8, 4) is 11.5 Å². The lowest BCUT2D eigenvalue weighted by atomic mass is 10.1. The van der Waals surface area contributed by atoms with Gasteiger partial charge in [0.15, 0.2) is 6.10 Å². The zero-order valence-electron chi connectivity index (χ0n) is 14.1. The number of fused-ring (bicyclic) bond motifs is 1. The second-order valence-electron chi connectivity index (χ2n) is 5.89. The van der Waals surface area contributed by atoms with Gasteiger partial charge < -0.3 is 19.5 Å². The van der Waals surface area contributed by atoms with Crippen molar-refractivity contribution in [1.29, 1.82) is 0 Å². The van der Waals surface area contributed by atoms with Gasteiger partial charge in [-0.3, -0.25) is 4.79 Å². The van der Waals surface area contributed by atoms with Gasteiger partial charge in [0.05, 0.1) is 17.9 Å². The number of aromatic carboxylic acids is 1. The Hall–Kier alpha value is -2.73. The quantitative estimate of drug-likeness (QED) is 0.780. The lowest BCUT2D eigenvalue weighted by Gasteiger charge is -2.33. The minimum absolute atomic E-state index is 0.108. The van der Waals surface area contributed by atoms with Crippen molar-refractivity contribution in [3.05, 3.63) is 53.1 Å². The smallest absolute Gasteiger partial charge is 0.335 e. The fourth-order valence-corrected chi connectivity index (χ4v) is 2.84. The van der Waals surface area contributed by atoms with Crippen molar-refractivity contribution in [2.75, 3.05) is 18.1 Å². The highest BCUT2D eigenvalue weighted by molar-refractivity contribution is 6.30. The molecular weight excluding hydrogens is 358 g/mol. The predicted octanol–water partition coefficient (Wildman–Crippen LogP) is 3.62. The van der Waals surface area contributed by atoms with Crippen LogP contribution in [0.15, 0.2) is 42.5 Å². The molecule has 0 radical (unpaired) electrons. The fourth-order valence-electron chi connectivity index (χ4n) is 2.71. The van der Waals surface area contributed by atoms with Crippen molar-refractivity contribution < 1.29 is 24.2 Å². The average molecular weight is 376 g/mol. The first-order chi connectivity index (χ1) is 12.5. The molecule has 26 heavy (non-hydrogen) atoms. The zero-order chi connectivity index (χ0) is 18.7. The lowest BCUT2D eigenvalue weighted by Crippen LogP contribution is -2.45. The SMILES string of the molecule is CC1Oc2ccc(C(=O)O)cc2N(CCCOc2ccc(Cl)cc2)C1=O. The molecular formula is C19H18ClNO5. The van der Waals surface area contributed by atoms with Gasteiger partial charge in [0.25, 0.3) is 5.91 Å². The van der Waals surface area contributed by atoms with Gasteiger partial charge in [0.2, 0.25) is 0 Å². The van der Waals surface area contributed by atoms with E-state index >= 15 is 0 Å². The van der Waals surface area contributed by atoms with E-state index in [4.69, 9.17) is 21.1 Å². The summed E-state index contributed by atoms with van der Waals surface area (Å²) in [6.07, 6.45) is -0.0342. The van der Waals surface area contributed by atoms with E-state index in [1.807, 2.05) is 0 Å². The van der Waals surface area contributed by atoms with Crippen molar-refractivity contribution in [1.82, 2.24) is 0 Å². The number of hydrogen-bond donors (Lipinski definition) is 1. The highest BCUT2D eigenvalue weighted by atomic mass is 35.5. The molecule has 1 atom stereocenters. The third kappa shape index (κ3) is 3.91. The molecule has 0 saturated heterocycles. The van der Waals surface area contributed by atoms with Crippen LogP contribution in [0.4, 0.5) is 5.69 Å². The summed E-state index contributed by atoms with van der Waals surface area (Å²) in [4.78, 5) is 25.2. The van der Waals surface area contributed by atoms with Crippen LogP contribution in [0, 0.1) is 0 Å². The number of carbonyl (C=O) groups is 2. The molecule has 0 saturated carbocycles. The minimum Gasteiger partial charge on any atom is -0.494 e. The molecule has 3 rings (SSSR count). The Bertz CT molecular complexity index is 821. The molecule has 0 aliphatic carbocycles. The minimum atomic E-state index is -1.05. The summed E-state index contributed by atoms with van der Waals surface area (Å²) in [6.45, 7) is 2.48. The molecule has 0 spiro atoms. The van der Waals surface area contributed by atoms with E-state index in [1.165, 1.54) is 12.1 Å². The van der Waals surface area contributed by atoms with Gasteiger partial charge in [-0.15, -0.1) is 0 Å². The standard InChI is InChI=1S/C19H18ClNO5/c1-12-18(22)21(9-2-10-25-15-6-4-14(20)5-7-15)16-11-13(19(23)24)3-8-17(16)26-12/h3-8,11-12H,2,9-10H2,1H3,(H,23,24). The largest absolute Gasteiger partial charge is 0.494 e. The third-order valence-corrected chi connectivity index (χ3v) is 4.27. The van der Waals surface area contributed by atoms with Crippen LogP contribution < -0.4 is 14.4 Å². The van der Waals surface area contributed by atoms with E-state index in [0.29, 0.717) is 41.8 Å². The van der Waals surface area contributed by atoms with Crippen molar-refractivity contribution in [2.24, 2.45) is 0 Å². The highest BCUT2D eigenvalue weighted by Crippen LogP contribution is 2.35. The molecule has 7 heteroatoms. The number of hydrogen-bond acceptors (Lipinski definition) is 4. The summed E-state index contributed by atoms with van der Waals surface area (Å²) in [7, 11) is 0. The van der Waals surface area contributed by atoms with Crippen molar-refractivity contribution >= 4 is 29.2 Å². The van der Waals surface area contributed by atoms with E-state index in [0.717, 1.165) is 0 Å². The number of halogens is 1. The van der Waals surface area contributed by atoms with Crippen LogP contribution in [0.3, 0.4) is 0 Å². The molecule has 1 heterocycles. The van der Waals surface area contributed by atoms with Gasteiger partial charge in [-0.2, -0.15) is 0 Å². The summed E-state index contributed by atoms with van der Waals surface area (Å²) < 4.78 is 11.2. The maximum Gasteiger partial charge on any atom is 0.335 e. The molecule has 1 amide bonds. The third-order valence-electron chi connectivity index (χ3n) is 4.02. The number of carboxylic acids is 1. The molecule has 0 bridgehead atoms. The molecule has 1 aliphatic rings. The van der Waals surface area contributed by atoms with Gasteiger partial charge in [-0.25, -0.2) is 4.79 Å². The monoisotopic (exact) mass is 375 g/mol. The molecule has 136 valence electrons. The van der Waals surface area contributed by atoms with Crippen LogP contribution in [0.25, 0.3) is 0 Å². The van der Waals surface area contributed by atoms with Crippen LogP contribution in [0.1, 0.15) is 23.7 Å². The molecule has 2 aromatic carbocycles. The molecule has 1 aliphatic heterocycles. The summed E-state index contributed by atoms with van der Waals surface area (Å²) in [5.41, 5.74) is 0.580. The predicted molar refractivity (Wildman–Crippen MR) is 97.4 cm³/mol. The van der Waals surface area contributed by atoms with E-state index in [2.05, 4.69) is 0 Å². The maximum atomic E-state index is 12.5. The fraction of sp³-hybridized carbons (Fsp3) is 0.263. The van der Waals surface area contributed by atoms with Gasteiger partial charge in [-0.05, 0) is 55.8 Å². The average Bonchev–Trinajstić information content (AvgIpc) is 2.62. The molecule has 0 aromatic heterocycles. The molecule has 0 fully saturated rings. The van der Waals surface area contributed by atoms with Gasteiger partial charge in [0.1, 0.15) is 11.5 Å². The van der Waals surface area contributed by atoms with Crippen molar-refractivity contribution in [3.63, 3.8) is 0 Å². The zero-order valence-corrected chi connectivity index (χ0v) is 14.9. The lowest BCUT2D eigenvalue weighted by molar-refractivity contribution is -0.125. The first-order valence-corrected chi connectivity index (χ1v) is 8.57. The Balaban J connectivity index is 1.68. The van der Waals surface area contributed by atoms with Gasteiger partial charge in [-0.1, -0.05) is 11.6 Å². The molecule has 1 N–H and O–H groups in total. The number of rotatable bonds is 6. The van der Waals surface area contributed by atoms with Crippen molar-refractivity contribution in [2.45, 2.75) is 19.4 Å². The van der Waals surface area contributed by atoms with E-state index in [-0.39, 0.29) is 11.5 Å². The van der Waals surface area contributed by atoms with Gasteiger partial charge >= 0.3 is 5.97 Å². The number of amides is 1. The number of ether oxygens (including phenoxy) is 2. The number of nitrogens with zero attached hydrogens (tertiary/aromatic N) is 1.